The average Bonchev–Trinajstić information content (AvgIpc) is 2.01. The number of hydrogen-bond acceptors (Lipinski definition) is 1. The Morgan fingerprint density at radius 1 is 1.42 bits per heavy atom. The Bertz CT molecular complexity index is 160. The lowest BCUT2D eigenvalue weighted by Crippen LogP contribution is -2.57. The minimum atomic E-state index is 0.0880. The van der Waals surface area contributed by atoms with Gasteiger partial charge in [-0.15, -0.1) is 0 Å². The first-order chi connectivity index (χ1) is 5.44. The molecule has 0 saturated heterocycles. The zero-order valence-corrected chi connectivity index (χ0v) is 8.98. The number of rotatable bonds is 1. The third-order valence-corrected chi connectivity index (χ3v) is 4.41. The van der Waals surface area contributed by atoms with Crippen LogP contribution in [-0.2, 0) is 0 Å². The van der Waals surface area contributed by atoms with E-state index in [1.807, 2.05) is 0 Å². The van der Waals surface area contributed by atoms with Crippen LogP contribution in [0.5, 0.6) is 0 Å². The van der Waals surface area contributed by atoms with Gasteiger partial charge in [0.25, 0.3) is 0 Å². The molecule has 1 fully saturated rings. The second-order valence-electron chi connectivity index (χ2n) is 5.02. The summed E-state index contributed by atoms with van der Waals surface area (Å²) < 4.78 is 0. The SMILES string of the molecule is CC[C@@]1(N)CCC[C@H](C)C1(C)C. The van der Waals surface area contributed by atoms with Crippen LogP contribution < -0.4 is 5.73 Å². The molecule has 0 aromatic carbocycles. The number of hydrogen-bond donors (Lipinski definition) is 1. The van der Waals surface area contributed by atoms with Gasteiger partial charge in [-0.2, -0.15) is 0 Å². The summed E-state index contributed by atoms with van der Waals surface area (Å²) in [4.78, 5) is 0. The van der Waals surface area contributed by atoms with Crippen molar-refractivity contribution in [3.63, 3.8) is 0 Å². The summed E-state index contributed by atoms with van der Waals surface area (Å²) in [5, 5.41) is 0. The fourth-order valence-corrected chi connectivity index (χ4v) is 2.53. The van der Waals surface area contributed by atoms with E-state index >= 15 is 0 Å². The Morgan fingerprint density at radius 2 is 2.00 bits per heavy atom. The maximum atomic E-state index is 6.43. The maximum absolute atomic E-state index is 6.43. The fourth-order valence-electron chi connectivity index (χ4n) is 2.53. The van der Waals surface area contributed by atoms with Gasteiger partial charge in [-0.05, 0) is 24.2 Å². The predicted molar refractivity (Wildman–Crippen MR) is 54.0 cm³/mol. The Hall–Kier alpha value is -0.0400. The molecule has 2 atom stereocenters. The molecule has 2 N–H and O–H groups in total. The highest BCUT2D eigenvalue weighted by Gasteiger charge is 2.45. The number of nitrogens with two attached hydrogens (primary N) is 1. The van der Waals surface area contributed by atoms with Crippen LogP contribution in [0.2, 0.25) is 0 Å². The Morgan fingerprint density at radius 3 is 2.42 bits per heavy atom. The lowest BCUT2D eigenvalue weighted by atomic mass is 9.58. The van der Waals surface area contributed by atoms with Crippen molar-refractivity contribution in [3.8, 4) is 0 Å². The summed E-state index contributed by atoms with van der Waals surface area (Å²) in [6.45, 7) is 9.23. The van der Waals surface area contributed by atoms with Gasteiger partial charge in [0, 0.05) is 5.54 Å². The molecule has 1 heteroatoms. The van der Waals surface area contributed by atoms with E-state index < -0.39 is 0 Å². The Kier molecular flexibility index (Phi) is 2.53. The van der Waals surface area contributed by atoms with E-state index in [4.69, 9.17) is 5.73 Å². The van der Waals surface area contributed by atoms with E-state index in [0.29, 0.717) is 5.41 Å². The summed E-state index contributed by atoms with van der Waals surface area (Å²) in [5.41, 5.74) is 6.83. The molecular formula is C11H23N. The minimum absolute atomic E-state index is 0.0880. The van der Waals surface area contributed by atoms with Gasteiger partial charge in [0.1, 0.15) is 0 Å². The van der Waals surface area contributed by atoms with Crippen molar-refractivity contribution < 1.29 is 0 Å². The van der Waals surface area contributed by atoms with Crippen LogP contribution in [0, 0.1) is 11.3 Å². The van der Waals surface area contributed by atoms with Crippen LogP contribution in [0.15, 0.2) is 0 Å². The Labute approximate surface area is 76.7 Å². The topological polar surface area (TPSA) is 26.0 Å². The molecule has 1 nitrogen and oxygen atoms in total. The van der Waals surface area contributed by atoms with E-state index in [2.05, 4.69) is 27.7 Å². The molecule has 0 aromatic rings. The summed E-state index contributed by atoms with van der Waals surface area (Å²) >= 11 is 0. The highest BCUT2D eigenvalue weighted by Crippen LogP contribution is 2.47. The molecule has 1 aliphatic carbocycles. The van der Waals surface area contributed by atoms with Gasteiger partial charge in [0.05, 0.1) is 0 Å². The lowest BCUT2D eigenvalue weighted by Gasteiger charge is -2.51. The fraction of sp³-hybridized carbons (Fsp3) is 1.00. The zero-order valence-electron chi connectivity index (χ0n) is 8.98. The third kappa shape index (κ3) is 1.28. The zero-order chi connectivity index (χ0) is 9.41. The molecule has 1 saturated carbocycles. The normalized spacial score (nSPS) is 41.2. The predicted octanol–water partition coefficient (Wildman–Crippen LogP) is 2.94. The van der Waals surface area contributed by atoms with Gasteiger partial charge in [0.2, 0.25) is 0 Å². The van der Waals surface area contributed by atoms with Crippen molar-refractivity contribution in [3.05, 3.63) is 0 Å². The quantitative estimate of drug-likeness (QED) is 0.641. The van der Waals surface area contributed by atoms with Crippen LogP contribution >= 0.6 is 0 Å². The first kappa shape index (κ1) is 10.0. The molecule has 0 unspecified atom stereocenters. The van der Waals surface area contributed by atoms with Crippen LogP contribution in [0.25, 0.3) is 0 Å². The summed E-state index contributed by atoms with van der Waals surface area (Å²) in [7, 11) is 0. The van der Waals surface area contributed by atoms with Gasteiger partial charge in [-0.1, -0.05) is 40.5 Å². The molecule has 72 valence electrons. The van der Waals surface area contributed by atoms with Gasteiger partial charge in [-0.3, -0.25) is 0 Å². The second kappa shape index (κ2) is 3.02. The van der Waals surface area contributed by atoms with Crippen molar-refractivity contribution >= 4 is 0 Å². The summed E-state index contributed by atoms with van der Waals surface area (Å²) in [5.74, 6) is 0.774. The first-order valence-corrected chi connectivity index (χ1v) is 5.23. The molecule has 0 spiro atoms. The highest BCUT2D eigenvalue weighted by molar-refractivity contribution is 5.01. The molecule has 12 heavy (non-hydrogen) atoms. The molecule has 1 aliphatic rings. The van der Waals surface area contributed by atoms with E-state index in [-0.39, 0.29) is 5.54 Å². The van der Waals surface area contributed by atoms with Crippen LogP contribution in [-0.4, -0.2) is 5.54 Å². The van der Waals surface area contributed by atoms with Gasteiger partial charge in [-0.25, -0.2) is 0 Å². The van der Waals surface area contributed by atoms with Gasteiger partial charge >= 0.3 is 0 Å². The molecular weight excluding hydrogens is 146 g/mol. The minimum Gasteiger partial charge on any atom is -0.325 e. The second-order valence-corrected chi connectivity index (χ2v) is 5.02. The lowest BCUT2D eigenvalue weighted by molar-refractivity contribution is 0.0384. The van der Waals surface area contributed by atoms with E-state index in [9.17, 15) is 0 Å². The van der Waals surface area contributed by atoms with Crippen LogP contribution in [0.4, 0.5) is 0 Å². The molecule has 0 aromatic heterocycles. The molecule has 0 radical (unpaired) electrons. The van der Waals surface area contributed by atoms with Crippen LogP contribution in [0.3, 0.4) is 0 Å². The summed E-state index contributed by atoms with van der Waals surface area (Å²) in [6.07, 6.45) is 4.99. The van der Waals surface area contributed by atoms with Crippen molar-refractivity contribution in [1.82, 2.24) is 0 Å². The third-order valence-electron chi connectivity index (χ3n) is 4.41. The van der Waals surface area contributed by atoms with Crippen molar-refractivity contribution in [2.45, 2.75) is 58.9 Å². The average molecular weight is 169 g/mol. The smallest absolute Gasteiger partial charge is 0.0206 e. The van der Waals surface area contributed by atoms with Gasteiger partial charge < -0.3 is 5.73 Å². The Balaban J connectivity index is 2.86. The van der Waals surface area contributed by atoms with E-state index in [0.717, 1.165) is 12.3 Å². The molecule has 0 bridgehead atoms. The van der Waals surface area contributed by atoms with Crippen molar-refractivity contribution in [2.75, 3.05) is 0 Å². The maximum Gasteiger partial charge on any atom is 0.0206 e. The van der Waals surface area contributed by atoms with Crippen LogP contribution in [0.1, 0.15) is 53.4 Å². The molecule has 1 rings (SSSR count). The van der Waals surface area contributed by atoms with Gasteiger partial charge in [0.15, 0.2) is 0 Å². The molecule has 0 aliphatic heterocycles. The van der Waals surface area contributed by atoms with E-state index in [1.165, 1.54) is 19.3 Å². The van der Waals surface area contributed by atoms with E-state index in [1.54, 1.807) is 0 Å². The largest absolute Gasteiger partial charge is 0.325 e. The standard InChI is InChI=1S/C11H23N/c1-5-11(12)8-6-7-9(2)10(11,3)4/h9H,5-8,12H2,1-4H3/t9-,11+/m0/s1. The van der Waals surface area contributed by atoms with Crippen molar-refractivity contribution in [2.24, 2.45) is 17.1 Å². The monoisotopic (exact) mass is 169 g/mol. The first-order valence-electron chi connectivity index (χ1n) is 5.23. The highest BCUT2D eigenvalue weighted by atomic mass is 14.8. The molecule has 0 amide bonds. The summed E-state index contributed by atoms with van der Waals surface area (Å²) in [6, 6.07) is 0. The van der Waals surface area contributed by atoms with Crippen molar-refractivity contribution in [1.29, 1.82) is 0 Å². The molecule has 0 heterocycles.